The van der Waals surface area contributed by atoms with Crippen LogP contribution in [0.3, 0.4) is 0 Å². The second-order valence-electron chi connectivity index (χ2n) is 11.8. The van der Waals surface area contributed by atoms with Crippen LogP contribution < -0.4 is 9.62 Å². The first-order valence-corrected chi connectivity index (χ1v) is 17.2. The number of hydrogen-bond acceptors (Lipinski definition) is 4. The molecule has 1 atom stereocenters. The molecule has 0 aliphatic carbocycles. The van der Waals surface area contributed by atoms with E-state index in [2.05, 4.69) is 5.32 Å². The Morgan fingerprint density at radius 3 is 2.02 bits per heavy atom. The Labute approximate surface area is 282 Å². The predicted octanol–water partition coefficient (Wildman–Crippen LogP) is 7.22. The van der Waals surface area contributed by atoms with E-state index in [1.165, 1.54) is 35.2 Å². The number of hydrogen-bond donors (Lipinski definition) is 1. The van der Waals surface area contributed by atoms with E-state index >= 15 is 0 Å². The molecule has 1 unspecified atom stereocenters. The number of carbonyl (C=O) groups is 2. The normalized spacial score (nSPS) is 12.1. The van der Waals surface area contributed by atoms with Gasteiger partial charge in [0.2, 0.25) is 11.8 Å². The van der Waals surface area contributed by atoms with Gasteiger partial charge in [-0.2, -0.15) is 0 Å². The van der Waals surface area contributed by atoms with Gasteiger partial charge in [0.25, 0.3) is 10.0 Å². The molecular weight excluding hydrogens is 641 g/mol. The predicted molar refractivity (Wildman–Crippen MR) is 186 cm³/mol. The molecule has 0 aromatic heterocycles. The van der Waals surface area contributed by atoms with Crippen molar-refractivity contribution >= 4 is 50.7 Å². The lowest BCUT2D eigenvalue weighted by Crippen LogP contribution is -2.53. The maximum absolute atomic E-state index is 14.6. The number of rotatable bonds is 13. The number of anilines is 1. The van der Waals surface area contributed by atoms with Crippen LogP contribution in [0.15, 0.2) is 102 Å². The largest absolute Gasteiger partial charge is 0.354 e. The highest BCUT2D eigenvalue weighted by Gasteiger charge is 2.35. The number of amides is 2. The Bertz CT molecular complexity index is 1740. The number of halogens is 2. The standard InChI is InChI=1S/C36H39Cl2N3O4S/c1-25(2)22-39-36(43)34(18-28-10-6-5-7-11-28)40(23-29-12-8-9-27(4)17-29)35(42)24-41(32-20-30(37)19-31(38)21-32)46(44,45)33-15-13-26(3)14-16-33/h5-17,19-21,25,34H,18,22-24H2,1-4H3,(H,39,43). The van der Waals surface area contributed by atoms with Crippen molar-refractivity contribution in [2.45, 2.75) is 51.6 Å². The zero-order valence-electron chi connectivity index (χ0n) is 26.4. The molecule has 4 aromatic rings. The SMILES string of the molecule is Cc1ccc(S(=O)(=O)N(CC(=O)N(Cc2cccc(C)c2)C(Cc2ccccc2)C(=O)NCC(C)C)c2cc(Cl)cc(Cl)c2)cc1. The third-order valence-electron chi connectivity index (χ3n) is 7.41. The van der Waals surface area contributed by atoms with Crippen molar-refractivity contribution in [2.24, 2.45) is 5.92 Å². The van der Waals surface area contributed by atoms with Crippen LogP contribution in [0.2, 0.25) is 10.0 Å². The molecule has 0 saturated carbocycles. The van der Waals surface area contributed by atoms with Crippen molar-refractivity contribution in [3.8, 4) is 0 Å². The lowest BCUT2D eigenvalue weighted by Gasteiger charge is -2.34. The van der Waals surface area contributed by atoms with E-state index < -0.39 is 28.5 Å². The summed E-state index contributed by atoms with van der Waals surface area (Å²) in [5, 5.41) is 3.42. The van der Waals surface area contributed by atoms with Crippen molar-refractivity contribution in [3.05, 3.63) is 129 Å². The molecule has 10 heteroatoms. The molecule has 0 aliphatic rings. The van der Waals surface area contributed by atoms with E-state index in [9.17, 15) is 18.0 Å². The summed E-state index contributed by atoms with van der Waals surface area (Å²) in [5.41, 5.74) is 3.67. The Hall–Kier alpha value is -3.85. The van der Waals surface area contributed by atoms with E-state index in [-0.39, 0.29) is 45.4 Å². The summed E-state index contributed by atoms with van der Waals surface area (Å²) in [6, 6.07) is 27.0. The van der Waals surface area contributed by atoms with E-state index in [0.29, 0.717) is 6.54 Å². The lowest BCUT2D eigenvalue weighted by molar-refractivity contribution is -0.140. The number of aryl methyl sites for hydroxylation is 2. The fourth-order valence-corrected chi connectivity index (χ4v) is 6.95. The number of sulfonamides is 1. The minimum Gasteiger partial charge on any atom is -0.354 e. The average Bonchev–Trinajstić information content (AvgIpc) is 3.00. The quantitative estimate of drug-likeness (QED) is 0.162. The zero-order valence-corrected chi connectivity index (χ0v) is 28.7. The van der Waals surface area contributed by atoms with Crippen LogP contribution >= 0.6 is 23.2 Å². The molecule has 2 amide bonds. The summed E-state index contributed by atoms with van der Waals surface area (Å²) in [5.74, 6) is -0.698. The highest BCUT2D eigenvalue weighted by Crippen LogP contribution is 2.30. The summed E-state index contributed by atoms with van der Waals surface area (Å²) < 4.78 is 29.4. The molecule has 0 heterocycles. The van der Waals surface area contributed by atoms with Crippen LogP contribution in [0.5, 0.6) is 0 Å². The molecule has 4 rings (SSSR count). The number of nitrogens with zero attached hydrogens (tertiary/aromatic N) is 2. The van der Waals surface area contributed by atoms with Crippen LogP contribution in [0.25, 0.3) is 0 Å². The summed E-state index contributed by atoms with van der Waals surface area (Å²) in [7, 11) is -4.27. The molecule has 4 aromatic carbocycles. The van der Waals surface area contributed by atoms with E-state index in [1.807, 2.05) is 82.3 Å². The molecule has 242 valence electrons. The molecule has 0 bridgehead atoms. The molecule has 46 heavy (non-hydrogen) atoms. The summed E-state index contributed by atoms with van der Waals surface area (Å²) in [4.78, 5) is 29.9. The number of benzene rings is 4. The van der Waals surface area contributed by atoms with Gasteiger partial charge in [-0.25, -0.2) is 8.42 Å². The topological polar surface area (TPSA) is 86.8 Å². The van der Waals surface area contributed by atoms with Crippen molar-refractivity contribution < 1.29 is 18.0 Å². The maximum atomic E-state index is 14.6. The first-order chi connectivity index (χ1) is 21.8. The van der Waals surface area contributed by atoms with Gasteiger partial charge < -0.3 is 10.2 Å². The second kappa shape index (κ2) is 15.6. The Morgan fingerprint density at radius 1 is 0.783 bits per heavy atom. The summed E-state index contributed by atoms with van der Waals surface area (Å²) in [6.07, 6.45) is 0.232. The van der Waals surface area contributed by atoms with Crippen molar-refractivity contribution in [2.75, 3.05) is 17.4 Å². The zero-order chi connectivity index (χ0) is 33.4. The van der Waals surface area contributed by atoms with Crippen molar-refractivity contribution in [3.63, 3.8) is 0 Å². The minimum atomic E-state index is -4.27. The fourth-order valence-electron chi connectivity index (χ4n) is 5.03. The van der Waals surface area contributed by atoms with Gasteiger partial charge in [-0.3, -0.25) is 13.9 Å². The van der Waals surface area contributed by atoms with Crippen LogP contribution in [0.1, 0.15) is 36.1 Å². The van der Waals surface area contributed by atoms with Gasteiger partial charge in [-0.15, -0.1) is 0 Å². The van der Waals surface area contributed by atoms with Crippen LogP contribution in [-0.2, 0) is 32.6 Å². The van der Waals surface area contributed by atoms with Gasteiger partial charge in [-0.1, -0.05) is 115 Å². The minimum absolute atomic E-state index is 0.00254. The monoisotopic (exact) mass is 679 g/mol. The molecule has 0 fully saturated rings. The van der Waals surface area contributed by atoms with Gasteiger partial charge in [0.05, 0.1) is 10.6 Å². The third kappa shape index (κ3) is 9.34. The molecule has 0 aliphatic heterocycles. The van der Waals surface area contributed by atoms with Crippen LogP contribution in [-0.4, -0.2) is 44.3 Å². The molecular formula is C36H39Cl2N3O4S. The maximum Gasteiger partial charge on any atom is 0.264 e. The van der Waals surface area contributed by atoms with Gasteiger partial charge in [-0.05, 0) is 61.2 Å². The first kappa shape index (κ1) is 35.0. The van der Waals surface area contributed by atoms with Crippen molar-refractivity contribution in [1.29, 1.82) is 0 Å². The summed E-state index contributed by atoms with van der Waals surface area (Å²) in [6.45, 7) is 7.70. The molecule has 7 nitrogen and oxygen atoms in total. The lowest BCUT2D eigenvalue weighted by atomic mass is 10.0. The van der Waals surface area contributed by atoms with E-state index in [1.54, 1.807) is 12.1 Å². The average molecular weight is 681 g/mol. The Balaban J connectivity index is 1.82. The van der Waals surface area contributed by atoms with Crippen molar-refractivity contribution in [1.82, 2.24) is 10.2 Å². The van der Waals surface area contributed by atoms with Crippen LogP contribution in [0, 0.1) is 19.8 Å². The molecule has 1 N–H and O–H groups in total. The highest BCUT2D eigenvalue weighted by atomic mass is 35.5. The van der Waals surface area contributed by atoms with Gasteiger partial charge in [0.1, 0.15) is 12.6 Å². The smallest absolute Gasteiger partial charge is 0.264 e. The second-order valence-corrected chi connectivity index (χ2v) is 14.5. The first-order valence-electron chi connectivity index (χ1n) is 15.1. The fraction of sp³-hybridized carbons (Fsp3) is 0.278. The molecule has 0 saturated heterocycles. The molecule has 0 radical (unpaired) electrons. The number of carbonyl (C=O) groups excluding carboxylic acids is 2. The molecule has 0 spiro atoms. The van der Waals surface area contributed by atoms with Crippen LogP contribution in [0.4, 0.5) is 5.69 Å². The highest BCUT2D eigenvalue weighted by molar-refractivity contribution is 7.92. The number of nitrogens with one attached hydrogen (secondary N) is 1. The van der Waals surface area contributed by atoms with Gasteiger partial charge >= 0.3 is 0 Å². The Kier molecular flexibility index (Phi) is 11.9. The third-order valence-corrected chi connectivity index (χ3v) is 9.64. The summed E-state index contributed by atoms with van der Waals surface area (Å²) >= 11 is 12.6. The van der Waals surface area contributed by atoms with E-state index in [0.717, 1.165) is 26.6 Å². The Morgan fingerprint density at radius 2 is 1.41 bits per heavy atom. The van der Waals surface area contributed by atoms with Gasteiger partial charge in [0, 0.05) is 29.6 Å². The van der Waals surface area contributed by atoms with E-state index in [4.69, 9.17) is 23.2 Å². The van der Waals surface area contributed by atoms with Gasteiger partial charge in [0.15, 0.2) is 0 Å².